The third-order valence-electron chi connectivity index (χ3n) is 2.75. The van der Waals surface area contributed by atoms with Crippen molar-refractivity contribution in [2.45, 2.75) is 43.7 Å². The normalized spacial score (nSPS) is 21.3. The van der Waals surface area contributed by atoms with Crippen LogP contribution in [0, 0.1) is 0 Å². The van der Waals surface area contributed by atoms with E-state index in [1.54, 1.807) is 0 Å². The third kappa shape index (κ3) is 6.54. The molecular weight excluding hydrogens is 266 g/mol. The lowest BCUT2D eigenvalue weighted by atomic mass is 10.1. The van der Waals surface area contributed by atoms with E-state index in [9.17, 15) is 0 Å². The lowest BCUT2D eigenvalue weighted by Crippen LogP contribution is -2.34. The minimum absolute atomic E-state index is 0.770. The van der Waals surface area contributed by atoms with Crippen molar-refractivity contribution in [2.75, 3.05) is 19.6 Å². The van der Waals surface area contributed by atoms with Crippen LogP contribution in [-0.4, -0.2) is 37.4 Å². The molecule has 0 aromatic carbocycles. The number of hydrogen-bond donors (Lipinski definition) is 0. The SMILES string of the molecule is C[Si](C)(C)/C=C/CCN1CCC(Br)CC1. The quantitative estimate of drug-likeness (QED) is 0.564. The van der Waals surface area contributed by atoms with Crippen LogP contribution in [0.25, 0.3) is 0 Å². The molecule has 1 fully saturated rings. The number of hydrogen-bond acceptors (Lipinski definition) is 1. The fourth-order valence-electron chi connectivity index (χ4n) is 1.82. The first kappa shape index (κ1) is 13.5. The maximum absolute atomic E-state index is 3.69. The molecule has 0 aliphatic carbocycles. The van der Waals surface area contributed by atoms with Gasteiger partial charge < -0.3 is 4.90 Å². The van der Waals surface area contributed by atoms with Gasteiger partial charge in [-0.2, -0.15) is 0 Å². The summed E-state index contributed by atoms with van der Waals surface area (Å²) in [4.78, 5) is 3.36. The van der Waals surface area contributed by atoms with Gasteiger partial charge in [-0.1, -0.05) is 47.3 Å². The van der Waals surface area contributed by atoms with E-state index in [2.05, 4.69) is 52.2 Å². The van der Waals surface area contributed by atoms with Gasteiger partial charge in [-0.05, 0) is 32.4 Å². The summed E-state index contributed by atoms with van der Waals surface area (Å²) in [6.07, 6.45) is 6.26. The molecule has 1 heterocycles. The Hall–Kier alpha value is 0.397. The highest BCUT2D eigenvalue weighted by Crippen LogP contribution is 2.17. The molecular formula is C12H24BrNSi. The molecule has 1 rings (SSSR count). The van der Waals surface area contributed by atoms with Crippen LogP contribution in [0.15, 0.2) is 11.8 Å². The molecule has 0 saturated carbocycles. The average molecular weight is 290 g/mol. The Bertz CT molecular complexity index is 202. The van der Waals surface area contributed by atoms with Crippen molar-refractivity contribution >= 4 is 24.0 Å². The third-order valence-corrected chi connectivity index (χ3v) is 4.90. The van der Waals surface area contributed by atoms with E-state index in [0.29, 0.717) is 0 Å². The van der Waals surface area contributed by atoms with Crippen LogP contribution in [0.1, 0.15) is 19.3 Å². The van der Waals surface area contributed by atoms with E-state index in [1.807, 2.05) is 0 Å². The zero-order valence-corrected chi connectivity index (χ0v) is 12.9. The number of nitrogens with zero attached hydrogens (tertiary/aromatic N) is 1. The molecule has 0 aromatic rings. The second-order valence-electron chi connectivity index (χ2n) is 5.57. The van der Waals surface area contributed by atoms with Crippen molar-refractivity contribution in [1.82, 2.24) is 4.90 Å². The van der Waals surface area contributed by atoms with E-state index >= 15 is 0 Å². The zero-order chi connectivity index (χ0) is 11.3. The number of likely N-dealkylation sites (tertiary alicyclic amines) is 1. The Morgan fingerprint density at radius 1 is 1.27 bits per heavy atom. The van der Waals surface area contributed by atoms with Crippen LogP contribution in [0.3, 0.4) is 0 Å². The first-order valence-corrected chi connectivity index (χ1v) is 10.5. The van der Waals surface area contributed by atoms with Gasteiger partial charge in [-0.15, -0.1) is 0 Å². The molecule has 0 aromatic heterocycles. The van der Waals surface area contributed by atoms with Crippen molar-refractivity contribution < 1.29 is 0 Å². The summed E-state index contributed by atoms with van der Waals surface area (Å²) in [7, 11) is -0.962. The molecule has 0 spiro atoms. The van der Waals surface area contributed by atoms with E-state index < -0.39 is 8.07 Å². The Labute approximate surface area is 104 Å². The molecule has 1 aliphatic heterocycles. The van der Waals surface area contributed by atoms with Crippen molar-refractivity contribution in [3.05, 3.63) is 11.8 Å². The van der Waals surface area contributed by atoms with Crippen LogP contribution >= 0.6 is 15.9 Å². The second kappa shape index (κ2) is 6.21. The van der Waals surface area contributed by atoms with Gasteiger partial charge in [0.1, 0.15) is 0 Å². The number of alkyl halides is 1. The van der Waals surface area contributed by atoms with Crippen LogP contribution in [0.4, 0.5) is 0 Å². The van der Waals surface area contributed by atoms with E-state index in [-0.39, 0.29) is 0 Å². The summed E-state index contributed by atoms with van der Waals surface area (Å²) in [5, 5.41) is 0. The molecule has 1 aliphatic rings. The largest absolute Gasteiger partial charge is 0.303 e. The summed E-state index contributed by atoms with van der Waals surface area (Å²) in [6.45, 7) is 11.0. The summed E-state index contributed by atoms with van der Waals surface area (Å²) < 4.78 is 0. The highest BCUT2D eigenvalue weighted by Gasteiger charge is 2.15. The van der Waals surface area contributed by atoms with Crippen LogP contribution < -0.4 is 0 Å². The topological polar surface area (TPSA) is 3.24 Å². The molecule has 1 nitrogen and oxygen atoms in total. The molecule has 3 heteroatoms. The molecule has 15 heavy (non-hydrogen) atoms. The fourth-order valence-corrected chi connectivity index (χ4v) is 3.10. The van der Waals surface area contributed by atoms with Gasteiger partial charge in [0.15, 0.2) is 0 Å². The van der Waals surface area contributed by atoms with Gasteiger partial charge >= 0.3 is 0 Å². The van der Waals surface area contributed by atoms with E-state index in [4.69, 9.17) is 0 Å². The maximum atomic E-state index is 3.69. The zero-order valence-electron chi connectivity index (χ0n) is 10.3. The van der Waals surface area contributed by atoms with E-state index in [1.165, 1.54) is 38.9 Å². The van der Waals surface area contributed by atoms with Gasteiger partial charge in [0.2, 0.25) is 0 Å². The van der Waals surface area contributed by atoms with Gasteiger partial charge in [-0.3, -0.25) is 0 Å². The average Bonchev–Trinajstić information content (AvgIpc) is 2.14. The Balaban J connectivity index is 2.13. The van der Waals surface area contributed by atoms with Crippen LogP contribution in [0.2, 0.25) is 19.6 Å². The monoisotopic (exact) mass is 289 g/mol. The van der Waals surface area contributed by atoms with Gasteiger partial charge in [-0.25, -0.2) is 0 Å². The summed E-state index contributed by atoms with van der Waals surface area (Å²) in [5.41, 5.74) is 2.46. The lowest BCUT2D eigenvalue weighted by Gasteiger charge is -2.28. The minimum Gasteiger partial charge on any atom is -0.303 e. The predicted octanol–water partition coefficient (Wildman–Crippen LogP) is 3.67. The van der Waals surface area contributed by atoms with Crippen LogP contribution in [0.5, 0.6) is 0 Å². The molecule has 0 bridgehead atoms. The maximum Gasteiger partial charge on any atom is 0.0682 e. The first-order valence-electron chi connectivity index (χ1n) is 6.01. The first-order chi connectivity index (χ1) is 6.97. The van der Waals surface area contributed by atoms with Crippen molar-refractivity contribution in [3.63, 3.8) is 0 Å². The Kier molecular flexibility index (Phi) is 5.57. The number of piperidine rings is 1. The number of rotatable bonds is 4. The van der Waals surface area contributed by atoms with Gasteiger partial charge in [0.25, 0.3) is 0 Å². The number of halogens is 1. The molecule has 1 saturated heterocycles. The highest BCUT2D eigenvalue weighted by atomic mass is 79.9. The second-order valence-corrected chi connectivity index (χ2v) is 11.9. The minimum atomic E-state index is -0.962. The fraction of sp³-hybridized carbons (Fsp3) is 0.833. The molecule has 88 valence electrons. The molecule has 0 amide bonds. The highest BCUT2D eigenvalue weighted by molar-refractivity contribution is 9.09. The molecule has 0 atom stereocenters. The van der Waals surface area contributed by atoms with Gasteiger partial charge in [0.05, 0.1) is 8.07 Å². The molecule has 0 unspecified atom stereocenters. The summed E-state index contributed by atoms with van der Waals surface area (Å²) in [5.74, 6) is 0. The van der Waals surface area contributed by atoms with E-state index in [0.717, 1.165) is 4.83 Å². The predicted molar refractivity (Wildman–Crippen MR) is 75.5 cm³/mol. The summed E-state index contributed by atoms with van der Waals surface area (Å²) in [6, 6.07) is 0. The van der Waals surface area contributed by atoms with Crippen molar-refractivity contribution in [1.29, 1.82) is 0 Å². The molecule has 0 N–H and O–H groups in total. The Morgan fingerprint density at radius 2 is 1.87 bits per heavy atom. The van der Waals surface area contributed by atoms with Crippen molar-refractivity contribution in [3.8, 4) is 0 Å². The Morgan fingerprint density at radius 3 is 2.40 bits per heavy atom. The smallest absolute Gasteiger partial charge is 0.0682 e. The lowest BCUT2D eigenvalue weighted by molar-refractivity contribution is 0.238. The standard InChI is InChI=1S/C12H24BrNSi/c1-15(2,3)11-5-4-8-14-9-6-12(13)7-10-14/h5,11-12H,4,6-10H2,1-3H3/b11-5+. The van der Waals surface area contributed by atoms with Crippen LogP contribution in [-0.2, 0) is 0 Å². The van der Waals surface area contributed by atoms with Crippen molar-refractivity contribution in [2.24, 2.45) is 0 Å². The summed E-state index contributed by atoms with van der Waals surface area (Å²) >= 11 is 3.69. The molecule has 0 radical (unpaired) electrons. The van der Waals surface area contributed by atoms with Gasteiger partial charge in [0, 0.05) is 11.4 Å².